The van der Waals surface area contributed by atoms with E-state index in [4.69, 9.17) is 24.4 Å². The van der Waals surface area contributed by atoms with Gasteiger partial charge in [0, 0.05) is 24.5 Å². The molecule has 4 rings (SSSR count). The van der Waals surface area contributed by atoms with Crippen molar-refractivity contribution in [3.8, 4) is 0 Å². The van der Waals surface area contributed by atoms with Gasteiger partial charge in [-0.1, -0.05) is 0 Å². The highest BCUT2D eigenvalue weighted by Gasteiger charge is 2.62. The minimum Gasteiger partial charge on any atom is -0.394 e. The number of nitrogens with zero attached hydrogens (tertiary/aromatic N) is 2. The first kappa shape index (κ1) is 37.1. The van der Waals surface area contributed by atoms with Gasteiger partial charge in [-0.25, -0.2) is 22.9 Å². The number of hydrogen-bond acceptors (Lipinski definition) is 14. The number of aromatic nitrogens is 4. The molecule has 9 atom stereocenters. The third-order valence-electron chi connectivity index (χ3n) is 6.08. The second-order valence-corrected chi connectivity index (χ2v) is 13.2. The zero-order valence-corrected chi connectivity index (χ0v) is 24.9. The van der Waals surface area contributed by atoms with Crippen LogP contribution >= 0.6 is 14.5 Å². The first-order valence-corrected chi connectivity index (χ1v) is 16.2. The minimum absolute atomic E-state index is 0.451. The van der Waals surface area contributed by atoms with Gasteiger partial charge in [-0.05, 0) is 18.7 Å². The van der Waals surface area contributed by atoms with Gasteiger partial charge in [-0.15, -0.1) is 0 Å². The predicted molar refractivity (Wildman–Crippen MR) is 142 cm³/mol. The van der Waals surface area contributed by atoms with Crippen LogP contribution in [0.1, 0.15) is 19.4 Å². The Morgan fingerprint density at radius 2 is 1.38 bits per heavy atom. The summed E-state index contributed by atoms with van der Waals surface area (Å²) in [5.74, 6) is -7.00. The van der Waals surface area contributed by atoms with Crippen molar-refractivity contribution in [2.24, 2.45) is 0 Å². The fourth-order valence-corrected chi connectivity index (χ4v) is 5.66. The van der Waals surface area contributed by atoms with Crippen LogP contribution < -0.4 is 22.5 Å². The minimum atomic E-state index is -5.22. The lowest BCUT2D eigenvalue weighted by molar-refractivity contribution is -0.194. The van der Waals surface area contributed by atoms with E-state index in [-0.39, 0.29) is 0 Å². The van der Waals surface area contributed by atoms with E-state index >= 15 is 0 Å². The maximum absolute atomic E-state index is 14.7. The third-order valence-corrected chi connectivity index (χ3v) is 7.34. The second kappa shape index (κ2) is 13.4. The Hall–Kier alpha value is -2.38. The average Bonchev–Trinajstić information content (AvgIpc) is 3.27. The standard InChI is InChI=1S/C10H14FN2O8PS.C9H12FN2O9P/c1-4(14)6-7(21-22(18,19)23)10(11,17)8(20-6)13-3-2-5(15)12-9(13)16;10-9(16)6(21-22(17,18)19)4(3-13)20-7(9)12-2-1-5(14)11-8(12)15/h2-4,6-8,14,17H,1H3,(H,12,15,16)(H2,18,19,23);1-2,4,6-7,13,16H,3H2,(H,11,14,15)(H2,17,18,19)/t4?,6-,7-,8-,10-;4-,6-,7-,9-/m11/s1. The number of halogens is 2. The SMILES string of the molecule is CC(O)[C@H]1O[C@@H](n2ccc(=O)[nH]c2=O)[C@@](O)(F)[C@@H]1OP(O)(O)=S.O=c1ccn([C@@H]2O[C@H](CO)[C@@H](OP(=O)(O)O)[C@]2(O)F)c(=O)[nH]1. The molecular weight excluding hydrogens is 688 g/mol. The van der Waals surface area contributed by atoms with Crippen molar-refractivity contribution in [2.45, 2.75) is 61.6 Å². The molecule has 0 aromatic carbocycles. The fraction of sp³-hybridized carbons (Fsp3) is 0.579. The Morgan fingerprint density at radius 1 is 0.933 bits per heavy atom. The van der Waals surface area contributed by atoms with E-state index in [0.717, 1.165) is 24.5 Å². The van der Waals surface area contributed by atoms with Crippen LogP contribution in [-0.2, 0) is 34.9 Å². The van der Waals surface area contributed by atoms with E-state index in [0.29, 0.717) is 9.13 Å². The van der Waals surface area contributed by atoms with E-state index < -0.39 is 98.3 Å². The summed E-state index contributed by atoms with van der Waals surface area (Å²) in [4.78, 5) is 84.8. The fourth-order valence-electron chi connectivity index (χ4n) is 4.24. The number of aliphatic hydroxyl groups is 4. The Balaban J connectivity index is 0.000000246. The van der Waals surface area contributed by atoms with Crippen LogP contribution in [-0.4, -0.2) is 108 Å². The molecule has 254 valence electrons. The van der Waals surface area contributed by atoms with Gasteiger partial charge in [0.15, 0.2) is 24.7 Å². The number of ether oxygens (including phenoxy) is 2. The molecule has 2 aromatic heterocycles. The maximum Gasteiger partial charge on any atom is 0.470 e. The molecule has 0 aliphatic carbocycles. The van der Waals surface area contributed by atoms with Crippen LogP contribution in [0.25, 0.3) is 0 Å². The van der Waals surface area contributed by atoms with Gasteiger partial charge in [0.1, 0.15) is 12.2 Å². The summed E-state index contributed by atoms with van der Waals surface area (Å²) in [5.41, 5.74) is -3.77. The topological polar surface area (TPSA) is 326 Å². The molecule has 26 heteroatoms. The third kappa shape index (κ3) is 8.51. The highest BCUT2D eigenvalue weighted by atomic mass is 32.5. The lowest BCUT2D eigenvalue weighted by Crippen LogP contribution is -2.47. The van der Waals surface area contributed by atoms with Gasteiger partial charge in [0.2, 0.25) is 0 Å². The molecule has 0 amide bonds. The van der Waals surface area contributed by atoms with E-state index in [1.807, 2.05) is 4.98 Å². The monoisotopic (exact) mass is 714 g/mol. The molecular formula is C19H26F2N4O17P2S. The molecule has 1 unspecified atom stereocenters. The Morgan fingerprint density at radius 3 is 1.76 bits per heavy atom. The average molecular weight is 714 g/mol. The first-order chi connectivity index (χ1) is 20.5. The van der Waals surface area contributed by atoms with Gasteiger partial charge in [-0.2, -0.15) is 0 Å². The van der Waals surface area contributed by atoms with Gasteiger partial charge < -0.3 is 49.5 Å². The quantitative estimate of drug-likeness (QED) is 0.115. The number of alkyl halides is 2. The number of hydrogen-bond donors (Lipinski definition) is 10. The molecule has 4 heterocycles. The van der Waals surface area contributed by atoms with Gasteiger partial charge in [0.05, 0.1) is 12.7 Å². The van der Waals surface area contributed by atoms with Gasteiger partial charge in [0.25, 0.3) is 22.8 Å². The molecule has 0 bridgehead atoms. The molecule has 21 nitrogen and oxygen atoms in total. The number of aliphatic hydroxyl groups excluding tert-OH is 2. The molecule has 2 aromatic rings. The maximum atomic E-state index is 14.7. The summed E-state index contributed by atoms with van der Waals surface area (Å²) in [6.45, 7) is -4.19. The van der Waals surface area contributed by atoms with E-state index in [2.05, 4.69) is 20.9 Å². The Labute approximate surface area is 252 Å². The Bertz CT molecular complexity index is 1700. The number of phosphoric ester groups is 1. The summed E-state index contributed by atoms with van der Waals surface area (Å²) in [7, 11) is -5.22. The molecule has 2 saturated heterocycles. The molecule has 0 spiro atoms. The zero-order valence-electron chi connectivity index (χ0n) is 22.3. The first-order valence-electron chi connectivity index (χ1n) is 12.0. The van der Waals surface area contributed by atoms with E-state index in [9.17, 15) is 57.6 Å². The molecule has 2 aliphatic rings. The lowest BCUT2D eigenvalue weighted by Gasteiger charge is -2.28. The van der Waals surface area contributed by atoms with Crippen LogP contribution in [0.15, 0.2) is 43.7 Å². The zero-order chi connectivity index (χ0) is 34.3. The molecule has 10 N–H and O–H groups in total. The lowest BCUT2D eigenvalue weighted by atomic mass is 10.0. The molecule has 0 saturated carbocycles. The van der Waals surface area contributed by atoms with Gasteiger partial charge in [-0.3, -0.25) is 37.7 Å². The van der Waals surface area contributed by atoms with Crippen molar-refractivity contribution in [2.75, 3.05) is 6.61 Å². The van der Waals surface area contributed by atoms with Crippen molar-refractivity contribution in [3.05, 3.63) is 66.2 Å². The predicted octanol–water partition coefficient (Wildman–Crippen LogP) is -4.37. The molecule has 0 radical (unpaired) electrons. The smallest absolute Gasteiger partial charge is 0.394 e. The van der Waals surface area contributed by atoms with Crippen molar-refractivity contribution >= 4 is 26.3 Å². The van der Waals surface area contributed by atoms with Crippen LogP contribution in [0.4, 0.5) is 8.78 Å². The van der Waals surface area contributed by atoms with Crippen molar-refractivity contribution in [3.63, 3.8) is 0 Å². The van der Waals surface area contributed by atoms with Crippen LogP contribution in [0.5, 0.6) is 0 Å². The summed E-state index contributed by atoms with van der Waals surface area (Å²) in [6.07, 6.45) is -11.4. The summed E-state index contributed by atoms with van der Waals surface area (Å²) >= 11 is 4.23. The highest BCUT2D eigenvalue weighted by Crippen LogP contribution is 2.50. The molecule has 2 fully saturated rings. The molecule has 2 aliphatic heterocycles. The summed E-state index contributed by atoms with van der Waals surface area (Å²) in [5, 5.41) is 38.5. The van der Waals surface area contributed by atoms with E-state index in [1.54, 1.807) is 4.98 Å². The summed E-state index contributed by atoms with van der Waals surface area (Å²) in [6, 6.07) is 1.72. The van der Waals surface area contributed by atoms with Crippen molar-refractivity contribution in [1.29, 1.82) is 0 Å². The van der Waals surface area contributed by atoms with Crippen molar-refractivity contribution < 1.29 is 71.9 Å². The van der Waals surface area contributed by atoms with Crippen LogP contribution in [0.2, 0.25) is 0 Å². The van der Waals surface area contributed by atoms with Crippen LogP contribution in [0.3, 0.4) is 0 Å². The number of phosphoric acid groups is 1. The number of aromatic amines is 2. The largest absolute Gasteiger partial charge is 0.470 e. The Kier molecular flexibility index (Phi) is 11.0. The summed E-state index contributed by atoms with van der Waals surface area (Å²) < 4.78 is 59.6. The van der Waals surface area contributed by atoms with Gasteiger partial charge >= 0.3 is 25.9 Å². The van der Waals surface area contributed by atoms with Crippen molar-refractivity contribution in [1.82, 2.24) is 19.1 Å². The number of rotatable bonds is 8. The second-order valence-electron chi connectivity index (χ2n) is 9.43. The van der Waals surface area contributed by atoms with E-state index in [1.165, 1.54) is 6.92 Å². The number of H-pyrrole nitrogens is 2. The number of nitrogens with one attached hydrogen (secondary N) is 2. The highest BCUT2D eigenvalue weighted by molar-refractivity contribution is 8.06. The normalized spacial score (nSPS) is 32.6. The van der Waals surface area contributed by atoms with Crippen LogP contribution in [0, 0.1) is 0 Å². The molecule has 45 heavy (non-hydrogen) atoms.